The summed E-state index contributed by atoms with van der Waals surface area (Å²) >= 11 is 0. The van der Waals surface area contributed by atoms with Crippen molar-refractivity contribution in [3.8, 4) is 5.75 Å². The molecule has 1 aromatic rings. The number of halogens is 2. The number of ether oxygens (including phenoxy) is 1. The van der Waals surface area contributed by atoms with Gasteiger partial charge in [-0.05, 0) is 30.9 Å². The number of hydrogen-bond acceptors (Lipinski definition) is 2. The third kappa shape index (κ3) is 2.87. The standard InChI is InChI=1S/C13H17F2NO/c14-10-6-7-11(16)13(12(10)15)17-8-9-4-2-1-3-5-9/h6-7,9H,1-5,8,16H2. The van der Waals surface area contributed by atoms with Crippen molar-refractivity contribution >= 4 is 5.69 Å². The Morgan fingerprint density at radius 1 is 1.18 bits per heavy atom. The molecule has 2 rings (SSSR count). The lowest BCUT2D eigenvalue weighted by molar-refractivity contribution is 0.201. The van der Waals surface area contributed by atoms with Crippen LogP contribution in [-0.2, 0) is 0 Å². The molecular weight excluding hydrogens is 224 g/mol. The fourth-order valence-corrected chi connectivity index (χ4v) is 2.25. The van der Waals surface area contributed by atoms with Crippen molar-refractivity contribution in [2.75, 3.05) is 12.3 Å². The predicted molar refractivity (Wildman–Crippen MR) is 62.8 cm³/mol. The average Bonchev–Trinajstić information content (AvgIpc) is 2.35. The van der Waals surface area contributed by atoms with E-state index in [4.69, 9.17) is 10.5 Å². The molecule has 17 heavy (non-hydrogen) atoms. The summed E-state index contributed by atoms with van der Waals surface area (Å²) in [5.74, 6) is -1.61. The van der Waals surface area contributed by atoms with Gasteiger partial charge >= 0.3 is 0 Å². The van der Waals surface area contributed by atoms with Crippen LogP contribution in [0, 0.1) is 17.6 Å². The van der Waals surface area contributed by atoms with Crippen molar-refractivity contribution in [2.24, 2.45) is 5.92 Å². The van der Waals surface area contributed by atoms with Crippen LogP contribution >= 0.6 is 0 Å². The van der Waals surface area contributed by atoms with Gasteiger partial charge in [-0.15, -0.1) is 0 Å². The number of hydrogen-bond donors (Lipinski definition) is 1. The first kappa shape index (κ1) is 12.1. The molecule has 4 heteroatoms. The molecule has 0 spiro atoms. The molecule has 1 aromatic carbocycles. The van der Waals surface area contributed by atoms with Gasteiger partial charge in [-0.2, -0.15) is 4.39 Å². The lowest BCUT2D eigenvalue weighted by Gasteiger charge is -2.22. The van der Waals surface area contributed by atoms with E-state index in [1.807, 2.05) is 0 Å². The molecule has 0 atom stereocenters. The highest BCUT2D eigenvalue weighted by atomic mass is 19.2. The maximum atomic E-state index is 13.4. The summed E-state index contributed by atoms with van der Waals surface area (Å²) in [6, 6.07) is 2.34. The van der Waals surface area contributed by atoms with Gasteiger partial charge < -0.3 is 10.5 Å². The van der Waals surface area contributed by atoms with E-state index >= 15 is 0 Å². The topological polar surface area (TPSA) is 35.2 Å². The molecule has 0 aliphatic heterocycles. The van der Waals surface area contributed by atoms with Gasteiger partial charge in [0.25, 0.3) is 0 Å². The lowest BCUT2D eigenvalue weighted by atomic mass is 9.90. The minimum atomic E-state index is -0.985. The molecule has 2 N–H and O–H groups in total. The highest BCUT2D eigenvalue weighted by Gasteiger charge is 2.17. The fourth-order valence-electron chi connectivity index (χ4n) is 2.25. The second-order valence-electron chi connectivity index (χ2n) is 4.59. The molecule has 0 radical (unpaired) electrons. The Morgan fingerprint density at radius 2 is 1.88 bits per heavy atom. The van der Waals surface area contributed by atoms with Gasteiger partial charge in [0.1, 0.15) is 0 Å². The Kier molecular flexibility index (Phi) is 3.82. The molecule has 1 aliphatic carbocycles. The van der Waals surface area contributed by atoms with Crippen molar-refractivity contribution in [3.63, 3.8) is 0 Å². The molecule has 94 valence electrons. The molecule has 0 amide bonds. The molecular formula is C13H17F2NO. The zero-order valence-electron chi connectivity index (χ0n) is 9.72. The monoisotopic (exact) mass is 241 g/mol. The fraction of sp³-hybridized carbons (Fsp3) is 0.538. The van der Waals surface area contributed by atoms with Gasteiger partial charge in [0.2, 0.25) is 5.82 Å². The molecule has 0 aromatic heterocycles. The molecule has 0 heterocycles. The van der Waals surface area contributed by atoms with E-state index in [1.165, 1.54) is 25.3 Å². The Bertz CT molecular complexity index is 389. The minimum absolute atomic E-state index is 0.143. The first-order chi connectivity index (χ1) is 8.18. The van der Waals surface area contributed by atoms with Crippen molar-refractivity contribution < 1.29 is 13.5 Å². The van der Waals surface area contributed by atoms with Crippen molar-refractivity contribution in [3.05, 3.63) is 23.8 Å². The van der Waals surface area contributed by atoms with Crippen molar-refractivity contribution in [1.82, 2.24) is 0 Å². The van der Waals surface area contributed by atoms with Crippen LogP contribution in [0.4, 0.5) is 14.5 Å². The van der Waals surface area contributed by atoms with E-state index in [-0.39, 0.29) is 11.4 Å². The smallest absolute Gasteiger partial charge is 0.202 e. The van der Waals surface area contributed by atoms with E-state index in [9.17, 15) is 8.78 Å². The normalized spacial score (nSPS) is 17.1. The van der Waals surface area contributed by atoms with E-state index in [1.54, 1.807) is 0 Å². The summed E-state index contributed by atoms with van der Waals surface area (Å²) in [5.41, 5.74) is 5.73. The van der Waals surface area contributed by atoms with Crippen LogP contribution in [0.5, 0.6) is 5.75 Å². The van der Waals surface area contributed by atoms with Crippen molar-refractivity contribution in [1.29, 1.82) is 0 Å². The lowest BCUT2D eigenvalue weighted by Crippen LogP contribution is -2.16. The van der Waals surface area contributed by atoms with Crippen LogP contribution in [0.2, 0.25) is 0 Å². The first-order valence-electron chi connectivity index (χ1n) is 6.04. The number of nitrogen functional groups attached to an aromatic ring is 1. The Labute approximate surface area is 99.8 Å². The molecule has 1 aliphatic rings. The van der Waals surface area contributed by atoms with Gasteiger partial charge in [0.15, 0.2) is 11.6 Å². The molecule has 1 fully saturated rings. The largest absolute Gasteiger partial charge is 0.488 e. The van der Waals surface area contributed by atoms with E-state index in [0.717, 1.165) is 18.9 Å². The third-order valence-corrected chi connectivity index (χ3v) is 3.27. The van der Waals surface area contributed by atoms with E-state index in [2.05, 4.69) is 0 Å². The average molecular weight is 241 g/mol. The van der Waals surface area contributed by atoms with Crippen LogP contribution < -0.4 is 10.5 Å². The number of rotatable bonds is 3. The van der Waals surface area contributed by atoms with Gasteiger partial charge in [0.05, 0.1) is 12.3 Å². The van der Waals surface area contributed by atoms with Crippen LogP contribution in [0.3, 0.4) is 0 Å². The predicted octanol–water partition coefficient (Wildman–Crippen LogP) is 3.51. The van der Waals surface area contributed by atoms with Crippen LogP contribution in [-0.4, -0.2) is 6.61 Å². The summed E-state index contributed by atoms with van der Waals surface area (Å²) in [5, 5.41) is 0. The van der Waals surface area contributed by atoms with Gasteiger partial charge in [-0.25, -0.2) is 4.39 Å². The van der Waals surface area contributed by atoms with E-state index < -0.39 is 11.6 Å². The molecule has 0 saturated heterocycles. The molecule has 2 nitrogen and oxygen atoms in total. The maximum absolute atomic E-state index is 13.4. The van der Waals surface area contributed by atoms with Gasteiger partial charge in [-0.1, -0.05) is 19.3 Å². The quantitative estimate of drug-likeness (QED) is 0.822. The second-order valence-corrected chi connectivity index (χ2v) is 4.59. The summed E-state index contributed by atoms with van der Waals surface area (Å²) in [6.07, 6.45) is 5.82. The molecule has 1 saturated carbocycles. The number of nitrogens with two attached hydrogens (primary N) is 1. The maximum Gasteiger partial charge on any atom is 0.202 e. The first-order valence-corrected chi connectivity index (χ1v) is 6.04. The Balaban J connectivity index is 2.00. The van der Waals surface area contributed by atoms with E-state index in [0.29, 0.717) is 12.5 Å². The number of benzene rings is 1. The van der Waals surface area contributed by atoms with Crippen molar-refractivity contribution in [2.45, 2.75) is 32.1 Å². The third-order valence-electron chi connectivity index (χ3n) is 3.27. The highest BCUT2D eigenvalue weighted by Crippen LogP contribution is 2.30. The SMILES string of the molecule is Nc1ccc(F)c(F)c1OCC1CCCCC1. The molecule has 0 unspecified atom stereocenters. The second kappa shape index (κ2) is 5.34. The minimum Gasteiger partial charge on any atom is -0.488 e. The Morgan fingerprint density at radius 3 is 2.59 bits per heavy atom. The number of anilines is 1. The van der Waals surface area contributed by atoms with Gasteiger partial charge in [-0.3, -0.25) is 0 Å². The van der Waals surface area contributed by atoms with Crippen LogP contribution in [0.25, 0.3) is 0 Å². The summed E-state index contributed by atoms with van der Waals surface area (Å²) in [6.45, 7) is 0.421. The zero-order valence-corrected chi connectivity index (χ0v) is 9.72. The Hall–Kier alpha value is -1.32. The van der Waals surface area contributed by atoms with Crippen LogP contribution in [0.1, 0.15) is 32.1 Å². The van der Waals surface area contributed by atoms with Crippen LogP contribution in [0.15, 0.2) is 12.1 Å². The van der Waals surface area contributed by atoms with Gasteiger partial charge in [0, 0.05) is 0 Å². The molecule has 0 bridgehead atoms. The highest BCUT2D eigenvalue weighted by molar-refractivity contribution is 5.53. The summed E-state index contributed by atoms with van der Waals surface area (Å²) < 4.78 is 31.8. The summed E-state index contributed by atoms with van der Waals surface area (Å²) in [7, 11) is 0. The zero-order chi connectivity index (χ0) is 12.3. The summed E-state index contributed by atoms with van der Waals surface area (Å²) in [4.78, 5) is 0.